The van der Waals surface area contributed by atoms with Crippen LogP contribution in [0.25, 0.3) is 6.08 Å². The van der Waals surface area contributed by atoms with Gasteiger partial charge in [0, 0.05) is 12.6 Å². The summed E-state index contributed by atoms with van der Waals surface area (Å²) in [5, 5.41) is 2.08. The van der Waals surface area contributed by atoms with Crippen molar-refractivity contribution in [2.45, 2.75) is 6.92 Å². The van der Waals surface area contributed by atoms with Gasteiger partial charge < -0.3 is 5.32 Å². The quantitative estimate of drug-likeness (QED) is 0.601. The Morgan fingerprint density at radius 2 is 1.50 bits per heavy atom. The third kappa shape index (κ3) is 3.50. The highest BCUT2D eigenvalue weighted by Crippen LogP contribution is 2.33. The van der Waals surface area contributed by atoms with Gasteiger partial charge in [-0.1, -0.05) is 24.3 Å². The lowest BCUT2D eigenvalue weighted by Crippen LogP contribution is -2.43. The number of hydrogen-bond acceptors (Lipinski definition) is 6. The maximum atomic E-state index is 12.7. The Kier molecular flexibility index (Phi) is 4.96. The zero-order chi connectivity index (χ0) is 21.4. The van der Waals surface area contributed by atoms with Gasteiger partial charge in [0.1, 0.15) is 6.67 Å². The fourth-order valence-corrected chi connectivity index (χ4v) is 3.98. The number of fused-ring (bicyclic) bond motifs is 1. The molecule has 4 rings (SSSR count). The van der Waals surface area contributed by atoms with E-state index >= 15 is 0 Å². The van der Waals surface area contributed by atoms with Crippen LogP contribution in [0.1, 0.15) is 33.2 Å². The SMILES string of the molecule is CC(=O)Nc1ccc(C=C2SC(=O)N(CN3C(=O)c4ccccc4C3=O)C2=O)cc1. The van der Waals surface area contributed by atoms with Crippen molar-refractivity contribution in [3.05, 3.63) is 70.1 Å². The van der Waals surface area contributed by atoms with Crippen LogP contribution in [0.2, 0.25) is 0 Å². The van der Waals surface area contributed by atoms with Gasteiger partial charge in [0.2, 0.25) is 5.91 Å². The van der Waals surface area contributed by atoms with Crippen molar-refractivity contribution in [3.8, 4) is 0 Å². The third-order valence-corrected chi connectivity index (χ3v) is 5.47. The number of carbonyl (C=O) groups excluding carboxylic acids is 5. The third-order valence-electron chi connectivity index (χ3n) is 4.56. The highest BCUT2D eigenvalue weighted by molar-refractivity contribution is 8.18. The number of amides is 5. The number of imide groups is 2. The molecule has 0 saturated carbocycles. The minimum atomic E-state index is -0.576. The second-order valence-electron chi connectivity index (χ2n) is 6.64. The molecule has 0 aliphatic carbocycles. The first-order valence-electron chi connectivity index (χ1n) is 8.93. The van der Waals surface area contributed by atoms with Crippen LogP contribution in [0.3, 0.4) is 0 Å². The molecular formula is C21H15N3O5S. The summed E-state index contributed by atoms with van der Waals surface area (Å²) in [7, 11) is 0. The number of thioether (sulfide) groups is 1. The van der Waals surface area contributed by atoms with Crippen LogP contribution in [0, 0.1) is 0 Å². The van der Waals surface area contributed by atoms with E-state index in [0.717, 1.165) is 21.6 Å². The molecule has 0 unspecified atom stereocenters. The van der Waals surface area contributed by atoms with Crippen molar-refractivity contribution in [1.82, 2.24) is 9.80 Å². The largest absolute Gasteiger partial charge is 0.326 e. The van der Waals surface area contributed by atoms with Crippen molar-refractivity contribution in [3.63, 3.8) is 0 Å². The Hall–Kier alpha value is -3.72. The van der Waals surface area contributed by atoms with E-state index in [4.69, 9.17) is 0 Å². The summed E-state index contributed by atoms with van der Waals surface area (Å²) in [6, 6.07) is 13.1. The minimum absolute atomic E-state index is 0.184. The molecule has 0 aromatic heterocycles. The number of benzene rings is 2. The van der Waals surface area contributed by atoms with Crippen molar-refractivity contribution in [2.75, 3.05) is 12.0 Å². The summed E-state index contributed by atoms with van der Waals surface area (Å²) in [5.74, 6) is -1.84. The molecule has 8 nitrogen and oxygen atoms in total. The highest BCUT2D eigenvalue weighted by atomic mass is 32.2. The second-order valence-corrected chi connectivity index (χ2v) is 7.63. The number of carbonyl (C=O) groups is 5. The van der Waals surface area contributed by atoms with E-state index in [0.29, 0.717) is 11.3 Å². The number of anilines is 1. The molecule has 9 heteroatoms. The summed E-state index contributed by atoms with van der Waals surface area (Å²) in [6.45, 7) is 0.966. The lowest BCUT2D eigenvalue weighted by Gasteiger charge is -2.19. The molecule has 5 amide bonds. The van der Waals surface area contributed by atoms with Crippen LogP contribution in [0.5, 0.6) is 0 Å². The van der Waals surface area contributed by atoms with E-state index in [1.807, 2.05) is 0 Å². The van der Waals surface area contributed by atoms with E-state index in [1.165, 1.54) is 19.1 Å². The number of nitrogens with zero attached hydrogens (tertiary/aromatic N) is 2. The molecule has 1 fully saturated rings. The maximum Gasteiger partial charge on any atom is 0.295 e. The van der Waals surface area contributed by atoms with Gasteiger partial charge in [-0.15, -0.1) is 0 Å². The van der Waals surface area contributed by atoms with Crippen molar-refractivity contribution >= 4 is 52.4 Å². The molecule has 0 atom stereocenters. The van der Waals surface area contributed by atoms with Crippen molar-refractivity contribution in [1.29, 1.82) is 0 Å². The Bertz CT molecular complexity index is 1100. The van der Waals surface area contributed by atoms with Gasteiger partial charge in [0.25, 0.3) is 23.0 Å². The average molecular weight is 421 g/mol. The molecule has 0 bridgehead atoms. The molecule has 1 N–H and O–H groups in total. The lowest BCUT2D eigenvalue weighted by molar-refractivity contribution is -0.123. The smallest absolute Gasteiger partial charge is 0.295 e. The maximum absolute atomic E-state index is 12.7. The van der Waals surface area contributed by atoms with Crippen molar-refractivity contribution < 1.29 is 24.0 Å². The van der Waals surface area contributed by atoms with Crippen LogP contribution < -0.4 is 5.32 Å². The van der Waals surface area contributed by atoms with Gasteiger partial charge >= 0.3 is 0 Å². The molecule has 2 aliphatic rings. The number of nitrogens with one attached hydrogen (secondary N) is 1. The monoisotopic (exact) mass is 421 g/mol. The predicted molar refractivity (Wildman–Crippen MR) is 110 cm³/mol. The predicted octanol–water partition coefficient (Wildman–Crippen LogP) is 2.94. The first-order chi connectivity index (χ1) is 14.3. The Balaban J connectivity index is 1.51. The molecule has 1 saturated heterocycles. The molecule has 30 heavy (non-hydrogen) atoms. The van der Waals surface area contributed by atoms with E-state index < -0.39 is 29.6 Å². The van der Waals surface area contributed by atoms with Gasteiger partial charge in [-0.05, 0) is 47.7 Å². The Morgan fingerprint density at radius 3 is 2.07 bits per heavy atom. The number of hydrogen-bond donors (Lipinski definition) is 1. The molecule has 2 aliphatic heterocycles. The summed E-state index contributed by atoms with van der Waals surface area (Å²) in [6.07, 6.45) is 1.55. The molecule has 2 aromatic carbocycles. The lowest BCUT2D eigenvalue weighted by atomic mass is 10.1. The van der Waals surface area contributed by atoms with Gasteiger partial charge in [-0.2, -0.15) is 0 Å². The molecule has 0 spiro atoms. The van der Waals surface area contributed by atoms with E-state index in [9.17, 15) is 24.0 Å². The fraction of sp³-hybridized carbons (Fsp3) is 0.0952. The summed E-state index contributed by atoms with van der Waals surface area (Å²) in [4.78, 5) is 63.1. The molecular weight excluding hydrogens is 406 g/mol. The van der Waals surface area contributed by atoms with Crippen molar-refractivity contribution in [2.24, 2.45) is 0 Å². The molecule has 2 heterocycles. The van der Waals surface area contributed by atoms with Crippen LogP contribution in [0.4, 0.5) is 10.5 Å². The standard InChI is InChI=1S/C21H15N3O5S/c1-12(25)22-14-8-6-13(7-9-14)10-17-20(28)24(21(29)30-17)11-23-18(26)15-4-2-3-5-16(15)19(23)27/h2-10H,11H2,1H3,(H,22,25). The van der Waals surface area contributed by atoms with Crippen LogP contribution >= 0.6 is 11.8 Å². The Morgan fingerprint density at radius 1 is 0.900 bits per heavy atom. The summed E-state index contributed by atoms with van der Waals surface area (Å²) >= 11 is 0.741. The second kappa shape index (κ2) is 7.60. The first-order valence-corrected chi connectivity index (χ1v) is 9.75. The normalized spacial score (nSPS) is 17.2. The Labute approximate surface area is 175 Å². The van der Waals surface area contributed by atoms with Gasteiger partial charge in [0.15, 0.2) is 0 Å². The first kappa shape index (κ1) is 19.6. The van der Waals surface area contributed by atoms with E-state index in [1.54, 1.807) is 42.5 Å². The van der Waals surface area contributed by atoms with Crippen LogP contribution in [-0.4, -0.2) is 45.3 Å². The molecule has 150 valence electrons. The summed E-state index contributed by atoms with van der Waals surface area (Å²) in [5.41, 5.74) is 1.78. The van der Waals surface area contributed by atoms with Gasteiger partial charge in [-0.25, -0.2) is 4.90 Å². The zero-order valence-corrected chi connectivity index (χ0v) is 16.6. The highest BCUT2D eigenvalue weighted by Gasteiger charge is 2.42. The van der Waals surface area contributed by atoms with E-state index in [2.05, 4.69) is 5.32 Å². The molecule has 0 radical (unpaired) electrons. The van der Waals surface area contributed by atoms with E-state index in [-0.39, 0.29) is 21.9 Å². The van der Waals surface area contributed by atoms with Gasteiger partial charge in [-0.3, -0.25) is 28.9 Å². The number of rotatable bonds is 4. The van der Waals surface area contributed by atoms with Crippen LogP contribution in [0.15, 0.2) is 53.4 Å². The van der Waals surface area contributed by atoms with Gasteiger partial charge in [0.05, 0.1) is 16.0 Å². The fourth-order valence-electron chi connectivity index (χ4n) is 3.15. The van der Waals surface area contributed by atoms with Crippen LogP contribution in [-0.2, 0) is 9.59 Å². The molecule has 2 aromatic rings. The summed E-state index contributed by atoms with van der Waals surface area (Å²) < 4.78 is 0. The topological polar surface area (TPSA) is 104 Å². The zero-order valence-electron chi connectivity index (χ0n) is 15.7. The average Bonchev–Trinajstić information content (AvgIpc) is 3.12. The minimum Gasteiger partial charge on any atom is -0.326 e.